The Labute approximate surface area is 146 Å². The molecule has 2 aliphatic rings. The summed E-state index contributed by atoms with van der Waals surface area (Å²) in [5.41, 5.74) is 1.38. The third-order valence-corrected chi connectivity index (χ3v) is 5.39. The van der Waals surface area contributed by atoms with E-state index in [2.05, 4.69) is 47.5 Å². The number of likely N-dealkylation sites (tertiary alicyclic amines) is 1. The first kappa shape index (κ1) is 18.3. The van der Waals surface area contributed by atoms with Crippen LogP contribution in [0.1, 0.15) is 50.5 Å². The number of carbonyl (C=O) groups is 1. The van der Waals surface area contributed by atoms with Gasteiger partial charge in [-0.3, -0.25) is 4.79 Å². The predicted molar refractivity (Wildman–Crippen MR) is 97.1 cm³/mol. The highest BCUT2D eigenvalue weighted by atomic mass is 35.5. The number of piperidine rings is 1. The highest BCUT2D eigenvalue weighted by molar-refractivity contribution is 5.85. The van der Waals surface area contributed by atoms with Gasteiger partial charge in [0.15, 0.2) is 0 Å². The van der Waals surface area contributed by atoms with Crippen molar-refractivity contribution in [1.29, 1.82) is 0 Å². The van der Waals surface area contributed by atoms with Gasteiger partial charge in [0.2, 0.25) is 5.91 Å². The van der Waals surface area contributed by atoms with Gasteiger partial charge in [0.05, 0.1) is 0 Å². The highest BCUT2D eigenvalue weighted by Gasteiger charge is 2.33. The van der Waals surface area contributed by atoms with Crippen LogP contribution in [0.4, 0.5) is 0 Å². The summed E-state index contributed by atoms with van der Waals surface area (Å²) in [7, 11) is 0. The second kappa shape index (κ2) is 8.70. The molecule has 2 atom stereocenters. The molecule has 2 saturated heterocycles. The highest BCUT2D eigenvalue weighted by Crippen LogP contribution is 2.32. The fraction of sp³-hybridized carbons (Fsp3) is 0.632. The predicted octanol–water partition coefficient (Wildman–Crippen LogP) is 3.59. The molecule has 23 heavy (non-hydrogen) atoms. The van der Waals surface area contributed by atoms with E-state index >= 15 is 0 Å². The van der Waals surface area contributed by atoms with Gasteiger partial charge >= 0.3 is 0 Å². The average Bonchev–Trinajstić information content (AvgIpc) is 2.96. The van der Waals surface area contributed by atoms with Crippen LogP contribution in [0.3, 0.4) is 0 Å². The molecule has 0 radical (unpaired) electrons. The van der Waals surface area contributed by atoms with Crippen molar-refractivity contribution >= 4 is 18.3 Å². The zero-order valence-corrected chi connectivity index (χ0v) is 14.9. The Morgan fingerprint density at radius 2 is 1.91 bits per heavy atom. The molecular weight excluding hydrogens is 308 g/mol. The third-order valence-electron chi connectivity index (χ3n) is 5.39. The van der Waals surface area contributed by atoms with E-state index in [1.807, 2.05) is 0 Å². The van der Waals surface area contributed by atoms with E-state index in [1.54, 1.807) is 0 Å². The van der Waals surface area contributed by atoms with Crippen LogP contribution in [0.15, 0.2) is 30.3 Å². The largest absolute Gasteiger partial charge is 0.339 e. The third kappa shape index (κ3) is 4.71. The maximum atomic E-state index is 12.6. The lowest BCUT2D eigenvalue weighted by Crippen LogP contribution is -2.34. The first-order valence-electron chi connectivity index (χ1n) is 8.79. The Hall–Kier alpha value is -1.06. The van der Waals surface area contributed by atoms with Crippen LogP contribution < -0.4 is 5.32 Å². The number of hydrogen-bond donors (Lipinski definition) is 1. The molecule has 0 aliphatic carbocycles. The summed E-state index contributed by atoms with van der Waals surface area (Å²) >= 11 is 0. The minimum absolute atomic E-state index is 0. The topological polar surface area (TPSA) is 32.3 Å². The number of hydrogen-bond acceptors (Lipinski definition) is 2. The van der Waals surface area contributed by atoms with E-state index < -0.39 is 0 Å². The lowest BCUT2D eigenvalue weighted by atomic mass is 9.93. The summed E-state index contributed by atoms with van der Waals surface area (Å²) in [5, 5.41) is 3.39. The molecule has 1 aromatic rings. The monoisotopic (exact) mass is 336 g/mol. The van der Waals surface area contributed by atoms with Crippen molar-refractivity contribution in [3.8, 4) is 0 Å². The molecule has 2 unspecified atom stereocenters. The van der Waals surface area contributed by atoms with Gasteiger partial charge in [-0.05, 0) is 57.2 Å². The fourth-order valence-corrected chi connectivity index (χ4v) is 3.99. The fourth-order valence-electron chi connectivity index (χ4n) is 3.99. The number of benzene rings is 1. The Balaban J connectivity index is 0.00000192. The van der Waals surface area contributed by atoms with E-state index in [0.717, 1.165) is 44.8 Å². The minimum Gasteiger partial charge on any atom is -0.339 e. The van der Waals surface area contributed by atoms with E-state index in [-0.39, 0.29) is 12.4 Å². The Morgan fingerprint density at radius 3 is 2.61 bits per heavy atom. The van der Waals surface area contributed by atoms with E-state index in [9.17, 15) is 4.79 Å². The molecule has 3 nitrogen and oxygen atoms in total. The van der Waals surface area contributed by atoms with Crippen molar-refractivity contribution in [3.05, 3.63) is 35.9 Å². The number of nitrogens with zero attached hydrogens (tertiary/aromatic N) is 1. The maximum Gasteiger partial charge on any atom is 0.222 e. The molecule has 3 rings (SSSR count). The summed E-state index contributed by atoms with van der Waals surface area (Å²) in [5.74, 6) is 1.62. The number of rotatable bonds is 4. The normalized spacial score (nSPS) is 25.2. The Morgan fingerprint density at radius 1 is 1.22 bits per heavy atom. The first-order chi connectivity index (χ1) is 10.7. The molecule has 4 heteroatoms. The minimum atomic E-state index is 0. The molecule has 128 valence electrons. The van der Waals surface area contributed by atoms with Crippen LogP contribution in [0, 0.1) is 5.92 Å². The standard InChI is InChI=1S/C19H28N2O.ClH/c1-15-13-18(17-5-3-2-4-6-17)14-21(15)19(22)8-7-16-9-11-20-12-10-16;/h2-6,15-16,18,20H,7-14H2,1H3;1H. The SMILES string of the molecule is CC1CC(c2ccccc2)CN1C(=O)CCC1CCNCC1.Cl. The van der Waals surface area contributed by atoms with Crippen molar-refractivity contribution in [2.75, 3.05) is 19.6 Å². The lowest BCUT2D eigenvalue weighted by Gasteiger charge is -2.25. The van der Waals surface area contributed by atoms with E-state index in [4.69, 9.17) is 0 Å². The molecular formula is C19H29ClN2O. The Kier molecular flexibility index (Phi) is 6.91. The molecule has 0 saturated carbocycles. The van der Waals surface area contributed by atoms with Gasteiger partial charge in [0, 0.05) is 24.9 Å². The molecule has 2 fully saturated rings. The van der Waals surface area contributed by atoms with Gasteiger partial charge < -0.3 is 10.2 Å². The van der Waals surface area contributed by atoms with Gasteiger partial charge in [0.25, 0.3) is 0 Å². The zero-order chi connectivity index (χ0) is 15.4. The molecule has 1 amide bonds. The van der Waals surface area contributed by atoms with Gasteiger partial charge in [-0.25, -0.2) is 0 Å². The van der Waals surface area contributed by atoms with E-state index in [1.165, 1.54) is 18.4 Å². The van der Waals surface area contributed by atoms with Crippen LogP contribution in [-0.4, -0.2) is 36.5 Å². The van der Waals surface area contributed by atoms with Crippen molar-refractivity contribution in [3.63, 3.8) is 0 Å². The molecule has 2 heterocycles. The van der Waals surface area contributed by atoms with Gasteiger partial charge in [-0.1, -0.05) is 30.3 Å². The molecule has 0 aromatic heterocycles. The van der Waals surface area contributed by atoms with Gasteiger partial charge in [-0.2, -0.15) is 0 Å². The van der Waals surface area contributed by atoms with Crippen LogP contribution in [0.5, 0.6) is 0 Å². The summed E-state index contributed by atoms with van der Waals surface area (Å²) in [6.07, 6.45) is 5.37. The summed E-state index contributed by atoms with van der Waals surface area (Å²) < 4.78 is 0. The zero-order valence-electron chi connectivity index (χ0n) is 14.0. The van der Waals surface area contributed by atoms with Gasteiger partial charge in [-0.15, -0.1) is 12.4 Å². The van der Waals surface area contributed by atoms with Crippen molar-refractivity contribution < 1.29 is 4.79 Å². The number of amides is 1. The summed E-state index contributed by atoms with van der Waals surface area (Å²) in [6, 6.07) is 11.0. The average molecular weight is 337 g/mol. The second-order valence-electron chi connectivity index (χ2n) is 6.97. The van der Waals surface area contributed by atoms with Crippen LogP contribution >= 0.6 is 12.4 Å². The van der Waals surface area contributed by atoms with Crippen LogP contribution in [-0.2, 0) is 4.79 Å². The van der Waals surface area contributed by atoms with Crippen LogP contribution in [0.25, 0.3) is 0 Å². The lowest BCUT2D eigenvalue weighted by molar-refractivity contribution is -0.132. The first-order valence-corrected chi connectivity index (χ1v) is 8.79. The van der Waals surface area contributed by atoms with Crippen molar-refractivity contribution in [1.82, 2.24) is 10.2 Å². The number of halogens is 1. The number of nitrogens with one attached hydrogen (secondary N) is 1. The summed E-state index contributed by atoms with van der Waals surface area (Å²) in [6.45, 7) is 5.34. The van der Waals surface area contributed by atoms with Crippen LogP contribution in [0.2, 0.25) is 0 Å². The quantitative estimate of drug-likeness (QED) is 0.911. The van der Waals surface area contributed by atoms with E-state index in [0.29, 0.717) is 17.9 Å². The van der Waals surface area contributed by atoms with Crippen molar-refractivity contribution in [2.45, 2.75) is 51.0 Å². The smallest absolute Gasteiger partial charge is 0.222 e. The number of carbonyl (C=O) groups excluding carboxylic acids is 1. The molecule has 2 aliphatic heterocycles. The maximum absolute atomic E-state index is 12.6. The summed E-state index contributed by atoms with van der Waals surface area (Å²) in [4.78, 5) is 14.7. The van der Waals surface area contributed by atoms with Crippen molar-refractivity contribution in [2.24, 2.45) is 5.92 Å². The molecule has 0 bridgehead atoms. The second-order valence-corrected chi connectivity index (χ2v) is 6.97. The van der Waals surface area contributed by atoms with Gasteiger partial charge in [0.1, 0.15) is 0 Å². The molecule has 1 N–H and O–H groups in total. The molecule has 1 aromatic carbocycles. The molecule has 0 spiro atoms. The Bertz CT molecular complexity index is 487.